The summed E-state index contributed by atoms with van der Waals surface area (Å²) in [6.07, 6.45) is 6.62. The maximum Gasteiger partial charge on any atom is 0.194 e. The van der Waals surface area contributed by atoms with Gasteiger partial charge in [-0.25, -0.2) is 4.98 Å². The summed E-state index contributed by atoms with van der Waals surface area (Å²) in [6, 6.07) is 0. The number of fused-ring (bicyclic) bond motifs is 1. The third-order valence-corrected chi connectivity index (χ3v) is 4.17. The maximum absolute atomic E-state index is 6.06. The summed E-state index contributed by atoms with van der Waals surface area (Å²) < 4.78 is 2.16. The van der Waals surface area contributed by atoms with Crippen LogP contribution in [0.5, 0.6) is 0 Å². The third kappa shape index (κ3) is 1.68. The normalized spacial score (nSPS) is 18.5. The van der Waals surface area contributed by atoms with Crippen LogP contribution >= 0.6 is 11.3 Å². The lowest BCUT2D eigenvalue weighted by Crippen LogP contribution is -2.22. The van der Waals surface area contributed by atoms with Crippen molar-refractivity contribution >= 4 is 16.3 Å². The second-order valence-corrected chi connectivity index (χ2v) is 5.46. The molecule has 0 spiro atoms. The topological polar surface area (TPSA) is 43.3 Å². The molecule has 2 aromatic rings. The number of nitrogens with two attached hydrogens (primary N) is 1. The van der Waals surface area contributed by atoms with Crippen molar-refractivity contribution in [2.75, 3.05) is 0 Å². The number of nitrogens with zero attached hydrogens (tertiary/aromatic N) is 2. The number of aryl methyl sites for hydroxylation is 2. The first-order valence-corrected chi connectivity index (χ1v) is 6.25. The highest BCUT2D eigenvalue weighted by Crippen LogP contribution is 2.36. The average molecular weight is 221 g/mol. The van der Waals surface area contributed by atoms with Crippen molar-refractivity contribution in [3.63, 3.8) is 0 Å². The summed E-state index contributed by atoms with van der Waals surface area (Å²) in [5.41, 5.74) is 8.66. The number of aromatic nitrogens is 2. The molecule has 1 aliphatic rings. The van der Waals surface area contributed by atoms with Crippen LogP contribution < -0.4 is 5.73 Å². The minimum atomic E-state index is 0.145. The second-order valence-electron chi connectivity index (χ2n) is 4.62. The Morgan fingerprint density at radius 2 is 2.40 bits per heavy atom. The second kappa shape index (κ2) is 3.06. The van der Waals surface area contributed by atoms with Crippen molar-refractivity contribution in [1.29, 1.82) is 0 Å². The molecule has 4 heteroatoms. The van der Waals surface area contributed by atoms with E-state index in [-0.39, 0.29) is 5.54 Å². The van der Waals surface area contributed by atoms with E-state index in [2.05, 4.69) is 27.9 Å². The number of hydrogen-bond donors (Lipinski definition) is 1. The SMILES string of the molecule is Cc1csc2nc(CCC3(N)CC3)cn12. The Bertz CT molecular complexity index is 493. The van der Waals surface area contributed by atoms with Crippen molar-refractivity contribution in [2.24, 2.45) is 5.73 Å². The van der Waals surface area contributed by atoms with Crippen LogP contribution in [0.3, 0.4) is 0 Å². The van der Waals surface area contributed by atoms with Gasteiger partial charge < -0.3 is 5.73 Å². The van der Waals surface area contributed by atoms with Gasteiger partial charge in [0.25, 0.3) is 0 Å². The molecule has 1 fully saturated rings. The molecule has 0 radical (unpaired) electrons. The lowest BCUT2D eigenvalue weighted by atomic mass is 10.1. The highest BCUT2D eigenvalue weighted by molar-refractivity contribution is 7.15. The fraction of sp³-hybridized carbons (Fsp3) is 0.545. The third-order valence-electron chi connectivity index (χ3n) is 3.21. The minimum absolute atomic E-state index is 0.145. The Balaban J connectivity index is 1.79. The average Bonchev–Trinajstić information content (AvgIpc) is 2.69. The number of hydrogen-bond acceptors (Lipinski definition) is 3. The fourth-order valence-corrected chi connectivity index (χ4v) is 2.72. The smallest absolute Gasteiger partial charge is 0.194 e. The molecule has 0 bridgehead atoms. The summed E-state index contributed by atoms with van der Waals surface area (Å²) in [5, 5.41) is 2.14. The first-order chi connectivity index (χ1) is 7.16. The van der Waals surface area contributed by atoms with Crippen molar-refractivity contribution in [3.05, 3.63) is 23.0 Å². The van der Waals surface area contributed by atoms with Gasteiger partial charge in [-0.2, -0.15) is 0 Å². The number of rotatable bonds is 3. The molecule has 0 aliphatic heterocycles. The largest absolute Gasteiger partial charge is 0.325 e. The monoisotopic (exact) mass is 221 g/mol. The summed E-state index contributed by atoms with van der Waals surface area (Å²) in [4.78, 5) is 5.69. The van der Waals surface area contributed by atoms with E-state index >= 15 is 0 Å². The van der Waals surface area contributed by atoms with Crippen molar-refractivity contribution < 1.29 is 0 Å². The van der Waals surface area contributed by atoms with E-state index in [9.17, 15) is 0 Å². The van der Waals surface area contributed by atoms with E-state index in [1.807, 2.05) is 0 Å². The lowest BCUT2D eigenvalue weighted by molar-refractivity contribution is 0.604. The Morgan fingerprint density at radius 3 is 3.07 bits per heavy atom. The summed E-state index contributed by atoms with van der Waals surface area (Å²) >= 11 is 1.70. The van der Waals surface area contributed by atoms with Gasteiger partial charge in [0.15, 0.2) is 4.96 Å². The molecule has 2 N–H and O–H groups in total. The van der Waals surface area contributed by atoms with E-state index in [0.717, 1.165) is 17.8 Å². The number of imidazole rings is 1. The van der Waals surface area contributed by atoms with E-state index in [0.29, 0.717) is 0 Å². The molecule has 0 unspecified atom stereocenters. The summed E-state index contributed by atoms with van der Waals surface area (Å²) in [7, 11) is 0. The molecule has 0 aromatic carbocycles. The molecular weight excluding hydrogens is 206 g/mol. The highest BCUT2D eigenvalue weighted by Gasteiger charge is 2.37. The quantitative estimate of drug-likeness (QED) is 0.862. The molecule has 0 amide bonds. The molecule has 0 atom stereocenters. The van der Waals surface area contributed by atoms with E-state index < -0.39 is 0 Å². The van der Waals surface area contributed by atoms with Crippen LogP contribution in [0.1, 0.15) is 30.7 Å². The molecule has 1 saturated carbocycles. The summed E-state index contributed by atoms with van der Waals surface area (Å²) in [5.74, 6) is 0. The molecule has 3 rings (SSSR count). The van der Waals surface area contributed by atoms with Gasteiger partial charge in [0.2, 0.25) is 0 Å². The van der Waals surface area contributed by atoms with Gasteiger partial charge in [-0.15, -0.1) is 11.3 Å². The first-order valence-electron chi connectivity index (χ1n) is 5.37. The van der Waals surface area contributed by atoms with Gasteiger partial charge in [0.1, 0.15) is 0 Å². The van der Waals surface area contributed by atoms with Gasteiger partial charge in [0, 0.05) is 22.8 Å². The zero-order chi connectivity index (χ0) is 10.5. The lowest BCUT2D eigenvalue weighted by Gasteiger charge is -2.04. The summed E-state index contributed by atoms with van der Waals surface area (Å²) in [6.45, 7) is 2.11. The van der Waals surface area contributed by atoms with Crippen molar-refractivity contribution in [3.8, 4) is 0 Å². The van der Waals surface area contributed by atoms with Gasteiger partial charge in [-0.05, 0) is 32.6 Å². The zero-order valence-electron chi connectivity index (χ0n) is 8.86. The van der Waals surface area contributed by atoms with Crippen molar-refractivity contribution in [1.82, 2.24) is 9.38 Å². The highest BCUT2D eigenvalue weighted by atomic mass is 32.1. The predicted octanol–water partition coefficient (Wildman–Crippen LogP) is 2.13. The van der Waals surface area contributed by atoms with Crippen LogP contribution in [-0.2, 0) is 6.42 Å². The standard InChI is InChI=1S/C11H15N3S/c1-8-7-15-10-13-9(6-14(8)10)2-3-11(12)4-5-11/h6-7H,2-5,12H2,1H3. The Hall–Kier alpha value is -0.870. The fourth-order valence-electron chi connectivity index (χ4n) is 1.85. The molecule has 0 saturated heterocycles. The van der Waals surface area contributed by atoms with Gasteiger partial charge >= 0.3 is 0 Å². The van der Waals surface area contributed by atoms with Crippen LogP contribution in [0.15, 0.2) is 11.6 Å². The molecule has 15 heavy (non-hydrogen) atoms. The van der Waals surface area contributed by atoms with E-state index in [1.54, 1.807) is 11.3 Å². The molecular formula is C11H15N3S. The van der Waals surface area contributed by atoms with Gasteiger partial charge in [0.05, 0.1) is 5.69 Å². The Kier molecular flexibility index (Phi) is 1.91. The maximum atomic E-state index is 6.06. The van der Waals surface area contributed by atoms with Crippen LogP contribution in [-0.4, -0.2) is 14.9 Å². The van der Waals surface area contributed by atoms with Gasteiger partial charge in [-0.3, -0.25) is 4.40 Å². The van der Waals surface area contributed by atoms with Crippen LogP contribution in [0.2, 0.25) is 0 Å². The molecule has 2 aromatic heterocycles. The number of thiazole rings is 1. The van der Waals surface area contributed by atoms with E-state index in [4.69, 9.17) is 5.73 Å². The van der Waals surface area contributed by atoms with Gasteiger partial charge in [-0.1, -0.05) is 0 Å². The van der Waals surface area contributed by atoms with Crippen molar-refractivity contribution in [2.45, 2.75) is 38.1 Å². The Labute approximate surface area is 92.9 Å². The molecule has 3 nitrogen and oxygen atoms in total. The first kappa shape index (κ1) is 9.36. The predicted molar refractivity (Wildman–Crippen MR) is 62.3 cm³/mol. The van der Waals surface area contributed by atoms with E-state index in [1.165, 1.54) is 24.2 Å². The minimum Gasteiger partial charge on any atom is -0.325 e. The van der Waals surface area contributed by atoms with Crippen LogP contribution in [0, 0.1) is 6.92 Å². The molecule has 1 aliphatic carbocycles. The molecule has 80 valence electrons. The van der Waals surface area contributed by atoms with Crippen LogP contribution in [0.25, 0.3) is 4.96 Å². The molecule has 2 heterocycles. The Morgan fingerprint density at radius 1 is 1.60 bits per heavy atom. The zero-order valence-corrected chi connectivity index (χ0v) is 9.68. The van der Waals surface area contributed by atoms with Crippen LogP contribution in [0.4, 0.5) is 0 Å².